The van der Waals surface area contributed by atoms with Crippen LogP contribution in [0.3, 0.4) is 0 Å². The topological polar surface area (TPSA) is 12.4 Å². The summed E-state index contributed by atoms with van der Waals surface area (Å²) in [6, 6.07) is 6.25. The van der Waals surface area contributed by atoms with Gasteiger partial charge in [-0.3, -0.25) is 0 Å². The van der Waals surface area contributed by atoms with Crippen LogP contribution in [0.15, 0.2) is 21.1 Å². The fourth-order valence-corrected chi connectivity index (χ4v) is 1.85. The first-order valence-corrected chi connectivity index (χ1v) is 4.29. The van der Waals surface area contributed by atoms with E-state index in [1.54, 1.807) is 0 Å². The molecule has 50 valence electrons. The summed E-state index contributed by atoms with van der Waals surface area (Å²) >= 11 is 1.23. The number of aryl methyl sites for hydroxylation is 2. The summed E-state index contributed by atoms with van der Waals surface area (Å²) in [5.74, 6) is 0. The predicted molar refractivity (Wildman–Crippen MR) is 38.0 cm³/mol. The van der Waals surface area contributed by atoms with Crippen molar-refractivity contribution in [1.29, 1.82) is 0 Å². The molecule has 0 spiro atoms. The van der Waals surface area contributed by atoms with Crippen molar-refractivity contribution in [2.24, 2.45) is 2.87 Å². The Bertz CT molecular complexity index is 235. The van der Waals surface area contributed by atoms with E-state index in [1.165, 1.54) is 41.4 Å². The van der Waals surface area contributed by atoms with Crippen LogP contribution >= 0.6 is 0 Å². The van der Waals surface area contributed by atoms with Crippen LogP contribution in [-0.2, 0) is 24.6 Å². The maximum absolute atomic E-state index is 4.26. The Hall–Kier alpha value is -0.0969. The van der Waals surface area contributed by atoms with Gasteiger partial charge in [-0.05, 0) is 0 Å². The van der Waals surface area contributed by atoms with Crippen LogP contribution in [0.4, 0.5) is 5.69 Å². The second-order valence-electron chi connectivity index (χ2n) is 2.35. The SMILES string of the molecule is Cc1cccc(C)c1[N]=[Zr]. The van der Waals surface area contributed by atoms with E-state index >= 15 is 0 Å². The fraction of sp³-hybridized carbons (Fsp3) is 0.250. The molecule has 0 saturated heterocycles. The Labute approximate surface area is 76.2 Å². The average molecular weight is 210 g/mol. The van der Waals surface area contributed by atoms with Crippen molar-refractivity contribution in [1.82, 2.24) is 0 Å². The summed E-state index contributed by atoms with van der Waals surface area (Å²) < 4.78 is 4.26. The second-order valence-corrected chi connectivity index (χ2v) is 2.90. The van der Waals surface area contributed by atoms with Crippen molar-refractivity contribution in [2.45, 2.75) is 13.8 Å². The first-order chi connectivity index (χ1) is 4.75. The van der Waals surface area contributed by atoms with Gasteiger partial charge in [0.25, 0.3) is 0 Å². The molecule has 0 unspecified atom stereocenters. The van der Waals surface area contributed by atoms with Crippen molar-refractivity contribution in [3.63, 3.8) is 0 Å². The Morgan fingerprint density at radius 2 is 1.70 bits per heavy atom. The van der Waals surface area contributed by atoms with E-state index in [0.29, 0.717) is 0 Å². The van der Waals surface area contributed by atoms with Crippen LogP contribution in [0.25, 0.3) is 0 Å². The molecule has 0 bridgehead atoms. The Morgan fingerprint density at radius 1 is 1.20 bits per heavy atom. The van der Waals surface area contributed by atoms with Gasteiger partial charge in [-0.25, -0.2) is 0 Å². The van der Waals surface area contributed by atoms with Gasteiger partial charge in [-0.2, -0.15) is 0 Å². The van der Waals surface area contributed by atoms with Crippen molar-refractivity contribution < 1.29 is 24.6 Å². The van der Waals surface area contributed by atoms with Crippen molar-refractivity contribution >= 4 is 5.69 Å². The molecule has 0 aromatic heterocycles. The molecule has 2 heteroatoms. The average Bonchev–Trinajstić information content (AvgIpc) is 1.88. The van der Waals surface area contributed by atoms with Gasteiger partial charge in [0.1, 0.15) is 0 Å². The predicted octanol–water partition coefficient (Wildman–Crippen LogP) is 2.67. The van der Waals surface area contributed by atoms with E-state index in [2.05, 4.69) is 34.9 Å². The third-order valence-electron chi connectivity index (χ3n) is 1.55. The van der Waals surface area contributed by atoms with Gasteiger partial charge >= 0.3 is 76.3 Å². The fourth-order valence-electron chi connectivity index (χ4n) is 0.982. The summed E-state index contributed by atoms with van der Waals surface area (Å²) in [5, 5.41) is 0. The Morgan fingerprint density at radius 3 is 2.00 bits per heavy atom. The van der Waals surface area contributed by atoms with Crippen LogP contribution in [0.1, 0.15) is 11.1 Å². The minimum atomic E-state index is 1.17. The minimum absolute atomic E-state index is 1.17. The molecule has 0 heterocycles. The first kappa shape index (κ1) is 8.00. The monoisotopic (exact) mass is 209 g/mol. The summed E-state index contributed by atoms with van der Waals surface area (Å²) in [6.07, 6.45) is 0. The Balaban J connectivity index is 3.30. The molecule has 1 rings (SSSR count). The summed E-state index contributed by atoms with van der Waals surface area (Å²) in [5.41, 5.74) is 3.72. The molecule has 0 aliphatic carbocycles. The van der Waals surface area contributed by atoms with E-state index in [0.717, 1.165) is 0 Å². The first-order valence-electron chi connectivity index (χ1n) is 3.19. The van der Waals surface area contributed by atoms with E-state index in [9.17, 15) is 0 Å². The zero-order valence-corrected chi connectivity index (χ0v) is 8.64. The van der Waals surface area contributed by atoms with Crippen molar-refractivity contribution in [3.8, 4) is 0 Å². The zero-order chi connectivity index (χ0) is 7.56. The molecule has 1 nitrogen and oxygen atoms in total. The zero-order valence-electron chi connectivity index (χ0n) is 6.18. The third kappa shape index (κ3) is 1.49. The van der Waals surface area contributed by atoms with Crippen LogP contribution in [0.2, 0.25) is 0 Å². The molecule has 10 heavy (non-hydrogen) atoms. The van der Waals surface area contributed by atoms with E-state index in [1.807, 2.05) is 0 Å². The van der Waals surface area contributed by atoms with Gasteiger partial charge in [0.05, 0.1) is 0 Å². The number of rotatable bonds is 1. The van der Waals surface area contributed by atoms with Gasteiger partial charge in [0, 0.05) is 0 Å². The van der Waals surface area contributed by atoms with Gasteiger partial charge < -0.3 is 0 Å². The molecule has 0 fully saturated rings. The van der Waals surface area contributed by atoms with Gasteiger partial charge in [-0.1, -0.05) is 0 Å². The molecular weight excluding hydrogens is 201 g/mol. The molecular formula is C8H9NZr. The van der Waals surface area contributed by atoms with Gasteiger partial charge in [0.15, 0.2) is 0 Å². The van der Waals surface area contributed by atoms with Crippen molar-refractivity contribution in [3.05, 3.63) is 29.3 Å². The van der Waals surface area contributed by atoms with E-state index in [-0.39, 0.29) is 0 Å². The van der Waals surface area contributed by atoms with Crippen LogP contribution < -0.4 is 0 Å². The molecule has 1 aromatic carbocycles. The van der Waals surface area contributed by atoms with Gasteiger partial charge in [-0.15, -0.1) is 0 Å². The van der Waals surface area contributed by atoms with Crippen molar-refractivity contribution in [2.75, 3.05) is 0 Å². The molecule has 0 amide bonds. The quantitative estimate of drug-likeness (QED) is 0.676. The normalized spacial score (nSPS) is 9.30. The van der Waals surface area contributed by atoms with E-state index < -0.39 is 0 Å². The maximum atomic E-state index is 4.26. The summed E-state index contributed by atoms with van der Waals surface area (Å²) in [6.45, 7) is 4.19. The molecule has 0 radical (unpaired) electrons. The summed E-state index contributed by atoms with van der Waals surface area (Å²) in [4.78, 5) is 0. The van der Waals surface area contributed by atoms with Crippen LogP contribution in [-0.4, -0.2) is 0 Å². The summed E-state index contributed by atoms with van der Waals surface area (Å²) in [7, 11) is 0. The molecule has 0 atom stereocenters. The Kier molecular flexibility index (Phi) is 2.67. The van der Waals surface area contributed by atoms with Gasteiger partial charge in [0.2, 0.25) is 0 Å². The number of benzene rings is 1. The third-order valence-corrected chi connectivity index (χ3v) is 2.10. The van der Waals surface area contributed by atoms with Crippen LogP contribution in [0, 0.1) is 13.8 Å². The number of hydrogen-bond acceptors (Lipinski definition) is 1. The molecule has 0 aliphatic rings. The van der Waals surface area contributed by atoms with E-state index in [4.69, 9.17) is 0 Å². The molecule has 0 aliphatic heterocycles. The molecule has 0 saturated carbocycles. The molecule has 0 N–H and O–H groups in total. The number of nitrogens with zero attached hydrogens (tertiary/aromatic N) is 1. The number of hydrogen-bond donors (Lipinski definition) is 0. The second kappa shape index (κ2) is 3.34. The molecule has 1 aromatic rings. The van der Waals surface area contributed by atoms with Crippen LogP contribution in [0.5, 0.6) is 0 Å². The standard InChI is InChI=1S/C8H9N.Zr/c1-6-4-3-5-7(2)8(6)9;/h3-5H,1-2H3;.